The molecule has 0 aromatic carbocycles. The van der Waals surface area contributed by atoms with E-state index in [-0.39, 0.29) is 86.9 Å². The Morgan fingerprint density at radius 3 is 1.55 bits per heavy atom. The average Bonchev–Trinajstić information content (AvgIpc) is 1.63. The van der Waals surface area contributed by atoms with E-state index in [0.29, 0.717) is 0 Å². The van der Waals surface area contributed by atoms with Crippen LogP contribution >= 0.6 is 39.2 Å². The van der Waals surface area contributed by atoms with Crippen LogP contribution in [0.5, 0.6) is 0 Å². The van der Waals surface area contributed by atoms with Crippen molar-refractivity contribution in [3.63, 3.8) is 0 Å². The van der Waals surface area contributed by atoms with Crippen LogP contribution in [-0.4, -0.2) is 228 Å². The number of nitrogens with one attached hydrogen (secondary N) is 2. The molecule has 23 atom stereocenters. The highest BCUT2D eigenvalue weighted by Crippen LogP contribution is 2.60. The Labute approximate surface area is 607 Å². The van der Waals surface area contributed by atoms with Crippen molar-refractivity contribution in [2.75, 3.05) is 72.9 Å². The van der Waals surface area contributed by atoms with Gasteiger partial charge in [-0.15, -0.1) is 0 Å². The molecule has 14 rings (SSSR count). The SMILES string of the molecule is Cc1cn([C@H]2C[C@H](O)[C@@H](COP(O)(=S)O[C@H]3[C@@H](C)[C@H](n4cnc5c(N)ncnc54)O[C@@H]3COP(=O)(S)O[C@H]3[C@@H](F)[C@H](n4cnc5c(N)ncnc54)O[C@@H]3COP(O)(=S)O[C@H]3[C@@H](F)[C@H](N4CNc5c(N)ncnc54)O[C@@H]3COP(O)(=S)O[C@H]3[C@@H](F)[C@H](n4cnc5c(N)ncnc54)O[C@@H]3CO)O2)c(=O)[nH]c1=O. The highest BCUT2D eigenvalue weighted by Gasteiger charge is 2.57. The van der Waals surface area contributed by atoms with Crippen LogP contribution in [0.4, 0.5) is 47.9 Å². The number of ether oxygens (including phenoxy) is 5. The second kappa shape index (κ2) is 29.7. The van der Waals surface area contributed by atoms with Crippen LogP contribution in [-0.2, 0) is 99.9 Å². The zero-order chi connectivity index (χ0) is 74.5. The number of H-pyrrole nitrogens is 1. The molecule has 5 saturated heterocycles. The van der Waals surface area contributed by atoms with E-state index in [1.165, 1.54) is 46.1 Å². The molecule has 568 valence electrons. The first-order chi connectivity index (χ1) is 49.9. The number of aromatic amines is 1. The van der Waals surface area contributed by atoms with Crippen LogP contribution in [0.1, 0.15) is 43.8 Å². The van der Waals surface area contributed by atoms with E-state index in [0.717, 1.165) is 34.4 Å². The Morgan fingerprint density at radius 1 is 0.581 bits per heavy atom. The number of thiol groups is 1. The van der Waals surface area contributed by atoms with E-state index in [1.54, 1.807) is 6.92 Å². The molecule has 0 amide bonds. The van der Waals surface area contributed by atoms with Crippen LogP contribution in [0.3, 0.4) is 0 Å². The quantitative estimate of drug-likeness (QED) is 0.0257. The van der Waals surface area contributed by atoms with Crippen molar-refractivity contribution in [2.45, 2.75) is 131 Å². The molecule has 54 heteroatoms. The van der Waals surface area contributed by atoms with Gasteiger partial charge < -0.3 is 99.8 Å². The molecule has 6 aliphatic heterocycles. The van der Waals surface area contributed by atoms with E-state index in [2.05, 4.69) is 77.4 Å². The van der Waals surface area contributed by atoms with E-state index >= 15 is 13.2 Å². The summed E-state index contributed by atoms with van der Waals surface area (Å²) in [5.74, 6) is -0.964. The van der Waals surface area contributed by atoms with Crippen molar-refractivity contribution in [3.05, 3.63) is 76.9 Å². The first-order valence-corrected chi connectivity index (χ1v) is 41.7. The predicted octanol–water partition coefficient (Wildman–Crippen LogP) is 0.377. The molecule has 15 N–H and O–H groups in total. The molecule has 105 heavy (non-hydrogen) atoms. The Balaban J connectivity index is 0.690. The standard InChI is InChI=1S/C51H63F3N22O21P4S4/c1-18-4-72(51(80)71-46(18)79)26-3-20(78)22(89-26)6-85-98(81,102)94-34-19(2)47(73-14-67-30-38(55)59-10-63-42(30)73)91-23(34)7-86-100(83,104)96-36-25(93-49(28(36)53)75-16-69-32-40(57)61-12-65-44(32)75)9-88-101(84,105)97-37-24(92-50(29(37)54)76-17-70-33-41(58)62-13-66-45(33)76)8-87-99(82,103)95-35-21(5-77)90-48(27(35)52)74-15-68-31-39(56)60-11-64-43(31)74/h4,10-16,19-29,34-37,47-50,70,77-78H,3,5-9,17H2,1-2H3,(H,81,102)(H,82,103)(H,83,104)(H,84,105)(H2,55,59,63)(H2,56,60,64)(H2,57,61,65)(H2,58,62,66)(H,71,79,80)/t19-,20+,21-,22-,23-,24-,25-,26-,27-,28-,29-,34+,35-,36-,37-,47-,48-,49-,50-,98?,99?,100?,101?/m1/s1. The van der Waals surface area contributed by atoms with Gasteiger partial charge in [0.25, 0.3) is 5.56 Å². The number of imidazole rings is 3. The summed E-state index contributed by atoms with van der Waals surface area (Å²) in [5.41, 5.74) is 23.6. The zero-order valence-corrected chi connectivity index (χ0v) is 60.8. The van der Waals surface area contributed by atoms with Gasteiger partial charge in [0.15, 0.2) is 83.2 Å². The fraction of sp³-hybridized carbons (Fsp3) is 0.549. The highest BCUT2D eigenvalue weighted by molar-refractivity contribution is 8.44. The lowest BCUT2D eigenvalue weighted by Crippen LogP contribution is -2.42. The molecule has 0 spiro atoms. The maximum absolute atomic E-state index is 17.6. The Bertz CT molecular complexity index is 4940. The van der Waals surface area contributed by atoms with Gasteiger partial charge in [-0.25, -0.2) is 77.4 Å². The van der Waals surface area contributed by atoms with Crippen molar-refractivity contribution in [1.82, 2.24) is 78.1 Å². The molecule has 8 aromatic rings. The van der Waals surface area contributed by atoms with Gasteiger partial charge in [-0.05, 0) is 42.3 Å². The summed E-state index contributed by atoms with van der Waals surface area (Å²) in [6, 6.07) is 0. The van der Waals surface area contributed by atoms with Crippen molar-refractivity contribution in [2.24, 2.45) is 5.92 Å². The number of hydrogen-bond donors (Lipinski definition) is 12. The molecule has 6 aliphatic rings. The molecule has 0 bridgehead atoms. The number of nitrogens with zero attached hydrogens (tertiary/aromatic N) is 16. The summed E-state index contributed by atoms with van der Waals surface area (Å²) in [6.07, 6.45) is -21.3. The van der Waals surface area contributed by atoms with E-state index in [1.807, 2.05) is 0 Å². The maximum Gasteiger partial charge on any atom is 0.386 e. The minimum atomic E-state index is -4.99. The molecule has 43 nitrogen and oxygen atoms in total. The number of nitrogen functional groups attached to an aromatic ring is 4. The van der Waals surface area contributed by atoms with Gasteiger partial charge in [0.05, 0.1) is 64.8 Å². The Hall–Kier alpha value is -6.19. The average molecular weight is 1630 g/mol. The summed E-state index contributed by atoms with van der Waals surface area (Å²) in [7, 11) is 0. The smallest absolute Gasteiger partial charge is 0.386 e. The lowest BCUT2D eigenvalue weighted by atomic mass is 10.0. The molecule has 0 aliphatic carbocycles. The van der Waals surface area contributed by atoms with Crippen LogP contribution in [0.2, 0.25) is 0 Å². The number of aliphatic hydroxyl groups excluding tert-OH is 2. The third-order valence-corrected chi connectivity index (χ3v) is 24.1. The molecular formula is C51H63F3N22O21P4S4. The summed E-state index contributed by atoms with van der Waals surface area (Å²) < 4.78 is 148. The fourth-order valence-electron chi connectivity index (χ4n) is 12.7. The third kappa shape index (κ3) is 15.1. The number of aromatic nitrogens is 16. The number of anilines is 6. The lowest BCUT2D eigenvalue weighted by molar-refractivity contribution is -0.0538. The van der Waals surface area contributed by atoms with Crippen LogP contribution in [0, 0.1) is 12.8 Å². The molecule has 0 radical (unpaired) electrons. The topological polar surface area (TPSA) is 569 Å². The zero-order valence-electron chi connectivity index (χ0n) is 53.9. The van der Waals surface area contributed by atoms with Gasteiger partial charge in [-0.1, -0.05) is 19.2 Å². The van der Waals surface area contributed by atoms with Crippen LogP contribution in [0.25, 0.3) is 33.5 Å². The van der Waals surface area contributed by atoms with Gasteiger partial charge in [0.1, 0.15) is 115 Å². The number of hydrogen-bond acceptors (Lipinski definition) is 38. The summed E-state index contributed by atoms with van der Waals surface area (Å²) in [5, 5.41) is 24.2. The van der Waals surface area contributed by atoms with Crippen molar-refractivity contribution in [1.29, 1.82) is 0 Å². The normalized spacial score (nSPS) is 32.1. The molecule has 14 heterocycles. The first kappa shape index (κ1) is 75.6. The van der Waals surface area contributed by atoms with Crippen molar-refractivity contribution in [3.8, 4) is 0 Å². The maximum atomic E-state index is 17.6. The second-order valence-electron chi connectivity index (χ2n) is 24.4. The van der Waals surface area contributed by atoms with E-state index < -0.39 is 188 Å². The number of halogens is 3. The lowest BCUT2D eigenvalue weighted by Gasteiger charge is -2.28. The summed E-state index contributed by atoms with van der Waals surface area (Å²) in [6.45, 7) is -20.4. The number of rotatable bonds is 26. The van der Waals surface area contributed by atoms with Crippen LogP contribution < -0.4 is 44.4 Å². The monoisotopic (exact) mass is 1630 g/mol. The minimum absolute atomic E-state index is 0.00788. The van der Waals surface area contributed by atoms with E-state index in [4.69, 9.17) is 118 Å². The molecule has 4 unspecified atom stereocenters. The number of aliphatic hydroxyl groups is 2. The molecule has 0 saturated carbocycles. The number of nitrogens with two attached hydrogens (primary N) is 4. The summed E-state index contributed by atoms with van der Waals surface area (Å²) in [4.78, 5) is 109. The molecular weight excluding hydrogens is 1570 g/mol. The predicted molar refractivity (Wildman–Crippen MR) is 368 cm³/mol. The largest absolute Gasteiger partial charge is 0.394 e. The fourth-order valence-corrected chi connectivity index (χ4v) is 18.6. The second-order valence-corrected chi connectivity index (χ2v) is 35.6. The van der Waals surface area contributed by atoms with Gasteiger partial charge >= 0.3 is 32.6 Å². The Kier molecular flexibility index (Phi) is 21.4. The van der Waals surface area contributed by atoms with Crippen molar-refractivity contribution >= 4 is 143 Å². The molecule has 8 aromatic heterocycles. The minimum Gasteiger partial charge on any atom is -0.394 e. The Morgan fingerprint density at radius 2 is 1.01 bits per heavy atom. The summed E-state index contributed by atoms with van der Waals surface area (Å²) >= 11 is 20.6. The highest BCUT2D eigenvalue weighted by atomic mass is 32.7. The number of aryl methyl sites for hydroxylation is 1. The van der Waals surface area contributed by atoms with Gasteiger partial charge in [0, 0.05) is 24.1 Å². The first-order valence-electron chi connectivity index (χ1n) is 31.2. The van der Waals surface area contributed by atoms with Crippen molar-refractivity contribution < 1.29 is 103 Å². The number of fused-ring (bicyclic) bond motifs is 4. The van der Waals surface area contributed by atoms with Gasteiger partial charge in [0.2, 0.25) is 0 Å². The van der Waals surface area contributed by atoms with Gasteiger partial charge in [-0.3, -0.25) is 46.1 Å². The van der Waals surface area contributed by atoms with Gasteiger partial charge in [-0.2, -0.15) is 0 Å². The number of alkyl halides is 3. The van der Waals surface area contributed by atoms with E-state index in [9.17, 15) is 39.0 Å². The third-order valence-electron chi connectivity index (χ3n) is 17.8. The molecule has 5 fully saturated rings. The van der Waals surface area contributed by atoms with Crippen LogP contribution in [0.15, 0.2) is 60.1 Å².